The Kier molecular flexibility index (Phi) is 3.57. The molecular formula is C16H13N2O4+. The summed E-state index contributed by atoms with van der Waals surface area (Å²) in [5, 5.41) is 2.44. The summed E-state index contributed by atoms with van der Waals surface area (Å²) >= 11 is 0. The molecule has 0 amide bonds. The Morgan fingerprint density at radius 3 is 2.50 bits per heavy atom. The predicted octanol–water partition coefficient (Wildman–Crippen LogP) is 1.48. The third kappa shape index (κ3) is 2.54. The summed E-state index contributed by atoms with van der Waals surface area (Å²) in [6, 6.07) is 13.8. The molecular weight excluding hydrogens is 284 g/mol. The Labute approximate surface area is 125 Å². The lowest BCUT2D eigenvalue weighted by Gasteiger charge is -2.04. The summed E-state index contributed by atoms with van der Waals surface area (Å²) in [6.07, 6.45) is 1.24. The van der Waals surface area contributed by atoms with Crippen LogP contribution in [0, 0.1) is 0 Å². The number of hydrogen-bond donors (Lipinski definition) is 1. The van der Waals surface area contributed by atoms with Crippen molar-refractivity contribution in [1.29, 1.82) is 0 Å². The summed E-state index contributed by atoms with van der Waals surface area (Å²) < 4.78 is 11.1. The van der Waals surface area contributed by atoms with E-state index >= 15 is 0 Å². The lowest BCUT2D eigenvalue weighted by Crippen LogP contribution is -2.34. The lowest BCUT2D eigenvalue weighted by molar-refractivity contribution is -0.670. The highest BCUT2D eigenvalue weighted by Crippen LogP contribution is 2.17. The summed E-state index contributed by atoms with van der Waals surface area (Å²) in [5.74, 6) is 0.520. The molecule has 0 atom stereocenters. The maximum absolute atomic E-state index is 12.7. The second kappa shape index (κ2) is 5.69. The average Bonchev–Trinajstić information content (AvgIpc) is 3.00. The molecule has 0 radical (unpaired) electrons. The fourth-order valence-electron chi connectivity index (χ4n) is 2.14. The van der Waals surface area contributed by atoms with Crippen LogP contribution in [-0.2, 0) is 0 Å². The van der Waals surface area contributed by atoms with E-state index < -0.39 is 5.63 Å². The van der Waals surface area contributed by atoms with Crippen molar-refractivity contribution in [2.24, 2.45) is 0 Å². The smallest absolute Gasteiger partial charge is 0.427 e. The minimum atomic E-state index is -0.522. The van der Waals surface area contributed by atoms with E-state index in [0.29, 0.717) is 22.6 Å². The van der Waals surface area contributed by atoms with Gasteiger partial charge in [0.25, 0.3) is 6.20 Å². The van der Waals surface area contributed by atoms with Crippen molar-refractivity contribution in [3.63, 3.8) is 0 Å². The van der Waals surface area contributed by atoms with Crippen LogP contribution in [0.1, 0.15) is 15.9 Å². The first-order valence-electron chi connectivity index (χ1n) is 6.57. The molecule has 0 spiro atoms. The maximum atomic E-state index is 12.7. The Morgan fingerprint density at radius 1 is 1.14 bits per heavy atom. The molecule has 6 nitrogen and oxygen atoms in total. The van der Waals surface area contributed by atoms with Gasteiger partial charge in [-0.3, -0.25) is 9.32 Å². The van der Waals surface area contributed by atoms with Crippen LogP contribution in [0.2, 0.25) is 0 Å². The van der Waals surface area contributed by atoms with Gasteiger partial charge in [-0.25, -0.2) is 4.79 Å². The van der Waals surface area contributed by atoms with Crippen molar-refractivity contribution < 1.29 is 18.7 Å². The molecule has 0 unspecified atom stereocenters. The first kappa shape index (κ1) is 13.8. The third-order valence-corrected chi connectivity index (χ3v) is 3.24. The molecule has 2 aromatic carbocycles. The summed E-state index contributed by atoms with van der Waals surface area (Å²) in [7, 11) is 1.57. The lowest BCUT2D eigenvalue weighted by atomic mass is 10.0. The normalized spacial score (nSPS) is 10.4. The Bertz CT molecular complexity index is 862. The number of hydrogen-bond acceptors (Lipinski definition) is 4. The molecule has 0 saturated heterocycles. The van der Waals surface area contributed by atoms with E-state index in [1.807, 2.05) is 0 Å². The van der Waals surface area contributed by atoms with Crippen LogP contribution >= 0.6 is 0 Å². The summed E-state index contributed by atoms with van der Waals surface area (Å²) in [4.78, 5) is 23.8. The number of ether oxygens (including phenoxy) is 1. The summed E-state index contributed by atoms with van der Waals surface area (Å²) in [5.41, 5.74) is 0.996. The van der Waals surface area contributed by atoms with Gasteiger partial charge in [-0.2, -0.15) is 0 Å². The van der Waals surface area contributed by atoms with Gasteiger partial charge in [-0.1, -0.05) is 12.1 Å². The van der Waals surface area contributed by atoms with Gasteiger partial charge < -0.3 is 4.74 Å². The molecule has 1 aromatic heterocycles. The monoisotopic (exact) mass is 297 g/mol. The number of rotatable bonds is 4. The van der Waals surface area contributed by atoms with E-state index in [1.54, 1.807) is 55.6 Å². The highest BCUT2D eigenvalue weighted by Gasteiger charge is 2.21. The number of carbonyl (C=O) groups excluding carboxylic acids is 1. The van der Waals surface area contributed by atoms with Crippen molar-refractivity contribution >= 4 is 5.78 Å². The Morgan fingerprint density at radius 2 is 1.86 bits per heavy atom. The van der Waals surface area contributed by atoms with Crippen LogP contribution in [-0.4, -0.2) is 18.2 Å². The van der Waals surface area contributed by atoms with Crippen molar-refractivity contribution in [1.82, 2.24) is 5.27 Å². The molecule has 0 fully saturated rings. The third-order valence-electron chi connectivity index (χ3n) is 3.24. The zero-order chi connectivity index (χ0) is 15.5. The molecule has 1 N–H and O–H groups in total. The topological polar surface area (TPSA) is 76.2 Å². The van der Waals surface area contributed by atoms with Gasteiger partial charge in [0, 0.05) is 11.6 Å². The molecule has 0 bridgehead atoms. The zero-order valence-corrected chi connectivity index (χ0v) is 11.8. The molecule has 0 aliphatic rings. The molecule has 6 heteroatoms. The fraction of sp³-hybridized carbons (Fsp3) is 0.0625. The van der Waals surface area contributed by atoms with Gasteiger partial charge in [0.2, 0.25) is 5.69 Å². The standard InChI is InChI=1S/C16H12N2O4/c1-21-12-8-6-11(7-9-12)16(20)13-4-2-3-5-14(13)18-10-15(19)22-17-18/h2-10H,1H3/p+1. The molecule has 3 rings (SSSR count). The van der Waals surface area contributed by atoms with Crippen LogP contribution in [0.3, 0.4) is 0 Å². The van der Waals surface area contributed by atoms with E-state index in [9.17, 15) is 9.59 Å². The first-order chi connectivity index (χ1) is 10.7. The minimum absolute atomic E-state index is 0.159. The number of benzene rings is 2. The number of H-pyrrole nitrogens is 1. The van der Waals surface area contributed by atoms with E-state index in [4.69, 9.17) is 4.74 Å². The van der Waals surface area contributed by atoms with Crippen LogP contribution in [0.5, 0.6) is 5.75 Å². The Hall–Kier alpha value is -3.15. The molecule has 0 aliphatic carbocycles. The van der Waals surface area contributed by atoms with Crippen LogP contribution in [0.4, 0.5) is 0 Å². The van der Waals surface area contributed by atoms with Gasteiger partial charge >= 0.3 is 5.63 Å². The molecule has 0 saturated carbocycles. The highest BCUT2D eigenvalue weighted by atomic mass is 16.5. The van der Waals surface area contributed by atoms with Crippen molar-refractivity contribution in [3.05, 3.63) is 76.3 Å². The number of nitrogens with one attached hydrogen (secondary N) is 1. The largest absolute Gasteiger partial charge is 0.497 e. The predicted molar refractivity (Wildman–Crippen MR) is 77.3 cm³/mol. The zero-order valence-electron chi connectivity index (χ0n) is 11.8. The van der Waals surface area contributed by atoms with Gasteiger partial charge in [0.1, 0.15) is 5.75 Å². The number of methoxy groups -OCH3 is 1. The number of nitrogens with zero attached hydrogens (tertiary/aromatic N) is 1. The SMILES string of the molecule is COc1ccc(C(=O)c2ccccc2-[n+]2cc(=O)o[nH]2)cc1. The number of ketones is 1. The van der Waals surface area contributed by atoms with Crippen molar-refractivity contribution in [2.45, 2.75) is 0 Å². The Balaban J connectivity index is 2.04. The van der Waals surface area contributed by atoms with Gasteiger partial charge in [-0.05, 0) is 40.3 Å². The number of aromatic amines is 1. The van der Waals surface area contributed by atoms with Crippen molar-refractivity contribution in [2.75, 3.05) is 7.11 Å². The maximum Gasteiger partial charge on any atom is 0.427 e. The fourth-order valence-corrected chi connectivity index (χ4v) is 2.14. The summed E-state index contributed by atoms with van der Waals surface area (Å²) in [6.45, 7) is 0. The molecule has 1 heterocycles. The van der Waals surface area contributed by atoms with Crippen molar-refractivity contribution in [3.8, 4) is 11.4 Å². The highest BCUT2D eigenvalue weighted by molar-refractivity contribution is 6.10. The molecule has 22 heavy (non-hydrogen) atoms. The van der Waals surface area contributed by atoms with Crippen LogP contribution < -0.4 is 15.0 Å². The second-order valence-electron chi connectivity index (χ2n) is 4.59. The first-order valence-corrected chi connectivity index (χ1v) is 6.57. The van der Waals surface area contributed by atoms with E-state index in [0.717, 1.165) is 0 Å². The average molecular weight is 297 g/mol. The number of carbonyl (C=O) groups is 1. The van der Waals surface area contributed by atoms with E-state index in [1.165, 1.54) is 10.9 Å². The van der Waals surface area contributed by atoms with Gasteiger partial charge in [0.15, 0.2) is 5.78 Å². The minimum Gasteiger partial charge on any atom is -0.497 e. The quantitative estimate of drug-likeness (QED) is 0.584. The molecule has 3 aromatic rings. The van der Waals surface area contributed by atoms with Crippen LogP contribution in [0.25, 0.3) is 5.69 Å². The van der Waals surface area contributed by atoms with Crippen LogP contribution in [0.15, 0.2) is 64.0 Å². The van der Waals surface area contributed by atoms with E-state index in [-0.39, 0.29) is 5.78 Å². The molecule has 0 aliphatic heterocycles. The van der Waals surface area contributed by atoms with Gasteiger partial charge in [0.05, 0.1) is 12.7 Å². The van der Waals surface area contributed by atoms with Gasteiger partial charge in [-0.15, -0.1) is 0 Å². The van der Waals surface area contributed by atoms with E-state index in [2.05, 4.69) is 9.79 Å². The number of aromatic nitrogens is 2. The molecule has 110 valence electrons. The second-order valence-corrected chi connectivity index (χ2v) is 4.59. The number of para-hydroxylation sites is 1.